The van der Waals surface area contributed by atoms with Crippen LogP contribution in [0.3, 0.4) is 0 Å². The average Bonchev–Trinajstić information content (AvgIpc) is 2.72. The number of ether oxygens (including phenoxy) is 2. The molecule has 1 aromatic carbocycles. The van der Waals surface area contributed by atoms with Crippen molar-refractivity contribution in [2.24, 2.45) is 0 Å². The maximum atomic E-state index is 11.8. The Labute approximate surface area is 164 Å². The summed E-state index contributed by atoms with van der Waals surface area (Å²) in [6.07, 6.45) is 2.36. The Morgan fingerprint density at radius 3 is 2.93 bits per heavy atom. The van der Waals surface area contributed by atoms with Gasteiger partial charge < -0.3 is 19.9 Å². The van der Waals surface area contributed by atoms with E-state index in [0.717, 1.165) is 43.5 Å². The van der Waals surface area contributed by atoms with Gasteiger partial charge in [0.2, 0.25) is 0 Å². The molecule has 1 saturated heterocycles. The first-order valence-electron chi connectivity index (χ1n) is 9.80. The normalized spacial score (nSPS) is 16.8. The Kier molecular flexibility index (Phi) is 5.34. The second kappa shape index (κ2) is 8.06. The van der Waals surface area contributed by atoms with Crippen molar-refractivity contribution in [2.45, 2.75) is 38.7 Å². The molecule has 1 aromatic heterocycles. The van der Waals surface area contributed by atoms with Gasteiger partial charge in [-0.3, -0.25) is 5.32 Å². The lowest BCUT2D eigenvalue weighted by Crippen LogP contribution is -2.29. The molecule has 0 saturated carbocycles. The molecule has 4 rings (SSSR count). The largest absolute Gasteiger partial charge is 0.507 e. The molecule has 2 aromatic rings. The smallest absolute Gasteiger partial charge is 0.413 e. The second-order valence-corrected chi connectivity index (χ2v) is 7.15. The fourth-order valence-electron chi connectivity index (χ4n) is 3.85. The molecule has 0 aliphatic carbocycles. The molecule has 2 aliphatic heterocycles. The molecule has 0 radical (unpaired) electrons. The van der Waals surface area contributed by atoms with Gasteiger partial charge in [0.1, 0.15) is 23.9 Å². The SMILES string of the molecule is CCCOc1cccc(O)c1-c1cc(C2CCNCC2)c2c(n1)NC(=O)OC2. The van der Waals surface area contributed by atoms with Gasteiger partial charge in [-0.15, -0.1) is 0 Å². The van der Waals surface area contributed by atoms with Gasteiger partial charge in [0.05, 0.1) is 17.9 Å². The van der Waals surface area contributed by atoms with E-state index in [0.29, 0.717) is 35.3 Å². The van der Waals surface area contributed by atoms with E-state index >= 15 is 0 Å². The number of aromatic hydroxyl groups is 1. The number of hydrogen-bond acceptors (Lipinski definition) is 6. The van der Waals surface area contributed by atoms with Crippen molar-refractivity contribution in [3.63, 3.8) is 0 Å². The van der Waals surface area contributed by atoms with E-state index < -0.39 is 6.09 Å². The van der Waals surface area contributed by atoms with E-state index in [2.05, 4.69) is 15.6 Å². The minimum atomic E-state index is -0.506. The van der Waals surface area contributed by atoms with Crippen LogP contribution >= 0.6 is 0 Å². The standard InChI is InChI=1S/C21H25N3O4/c1-2-10-27-18-5-3-4-17(25)19(18)16-11-14(13-6-8-22-9-7-13)15-12-28-21(26)24-20(15)23-16/h3-5,11,13,22,25H,2,6-10,12H2,1H3,(H,23,24,26). The predicted octanol–water partition coefficient (Wildman–Crippen LogP) is 3.77. The monoisotopic (exact) mass is 383 g/mol. The van der Waals surface area contributed by atoms with Crippen molar-refractivity contribution in [1.29, 1.82) is 0 Å². The summed E-state index contributed by atoms with van der Waals surface area (Å²) in [6.45, 7) is 4.70. The topological polar surface area (TPSA) is 92.7 Å². The third-order valence-corrected chi connectivity index (χ3v) is 5.23. The molecule has 148 valence electrons. The highest BCUT2D eigenvalue weighted by atomic mass is 16.5. The van der Waals surface area contributed by atoms with Gasteiger partial charge in [-0.2, -0.15) is 0 Å². The maximum Gasteiger partial charge on any atom is 0.413 e. The van der Waals surface area contributed by atoms with Gasteiger partial charge in [0.15, 0.2) is 0 Å². The van der Waals surface area contributed by atoms with Crippen LogP contribution in [-0.2, 0) is 11.3 Å². The van der Waals surface area contributed by atoms with E-state index in [1.54, 1.807) is 12.1 Å². The molecule has 0 unspecified atom stereocenters. The molecule has 7 nitrogen and oxygen atoms in total. The minimum Gasteiger partial charge on any atom is -0.507 e. The average molecular weight is 383 g/mol. The zero-order valence-electron chi connectivity index (χ0n) is 16.0. The summed E-state index contributed by atoms with van der Waals surface area (Å²) in [6, 6.07) is 7.23. The molecule has 0 atom stereocenters. The first kappa shape index (κ1) is 18.6. The summed E-state index contributed by atoms with van der Waals surface area (Å²) in [5.41, 5.74) is 3.18. The molecule has 3 heterocycles. The van der Waals surface area contributed by atoms with Crippen LogP contribution < -0.4 is 15.4 Å². The quantitative estimate of drug-likeness (QED) is 0.728. The summed E-state index contributed by atoms with van der Waals surface area (Å²) in [5.74, 6) is 1.55. The van der Waals surface area contributed by atoms with E-state index in [1.165, 1.54) is 0 Å². The van der Waals surface area contributed by atoms with Crippen LogP contribution in [0.5, 0.6) is 11.5 Å². The number of phenols is 1. The van der Waals surface area contributed by atoms with Crippen molar-refractivity contribution in [3.8, 4) is 22.8 Å². The van der Waals surface area contributed by atoms with Crippen LogP contribution in [0.2, 0.25) is 0 Å². The molecular formula is C21H25N3O4. The molecule has 28 heavy (non-hydrogen) atoms. The highest BCUT2D eigenvalue weighted by Gasteiger charge is 2.28. The number of benzene rings is 1. The number of cyclic esters (lactones) is 1. The van der Waals surface area contributed by atoms with Crippen molar-refractivity contribution >= 4 is 11.9 Å². The molecule has 1 fully saturated rings. The van der Waals surface area contributed by atoms with Gasteiger partial charge >= 0.3 is 6.09 Å². The number of aromatic nitrogens is 1. The van der Waals surface area contributed by atoms with Crippen LogP contribution in [0.15, 0.2) is 24.3 Å². The molecule has 2 aliphatic rings. The van der Waals surface area contributed by atoms with Crippen LogP contribution in [0.1, 0.15) is 43.2 Å². The number of anilines is 1. The van der Waals surface area contributed by atoms with Crippen molar-refractivity contribution in [2.75, 3.05) is 25.0 Å². The Hall–Kier alpha value is -2.80. The van der Waals surface area contributed by atoms with Crippen molar-refractivity contribution in [1.82, 2.24) is 10.3 Å². The molecule has 0 bridgehead atoms. The van der Waals surface area contributed by atoms with Crippen molar-refractivity contribution < 1.29 is 19.4 Å². The zero-order valence-corrected chi connectivity index (χ0v) is 16.0. The van der Waals surface area contributed by atoms with Crippen molar-refractivity contribution in [3.05, 3.63) is 35.4 Å². The Balaban J connectivity index is 1.84. The third kappa shape index (κ3) is 3.62. The lowest BCUT2D eigenvalue weighted by molar-refractivity contribution is 0.150. The number of hydrogen-bond donors (Lipinski definition) is 3. The van der Waals surface area contributed by atoms with Gasteiger partial charge in [0.25, 0.3) is 0 Å². The Morgan fingerprint density at radius 1 is 1.32 bits per heavy atom. The number of piperidine rings is 1. The van der Waals surface area contributed by atoms with Crippen LogP contribution in [0, 0.1) is 0 Å². The Bertz CT molecular complexity index is 878. The van der Waals surface area contributed by atoms with E-state index in [9.17, 15) is 9.90 Å². The summed E-state index contributed by atoms with van der Waals surface area (Å²) < 4.78 is 11.1. The number of fused-ring (bicyclic) bond motifs is 1. The number of amides is 1. The number of pyridine rings is 1. The van der Waals surface area contributed by atoms with Crippen LogP contribution in [-0.4, -0.2) is 35.9 Å². The van der Waals surface area contributed by atoms with Gasteiger partial charge in [-0.05, 0) is 62.0 Å². The maximum absolute atomic E-state index is 11.8. The first-order valence-corrected chi connectivity index (χ1v) is 9.80. The Morgan fingerprint density at radius 2 is 2.14 bits per heavy atom. The molecule has 1 amide bonds. The fraction of sp³-hybridized carbons (Fsp3) is 0.429. The number of phenolic OH excluding ortho intramolecular Hbond substituents is 1. The first-order chi connectivity index (χ1) is 13.7. The molecule has 0 spiro atoms. The zero-order chi connectivity index (χ0) is 19.5. The highest BCUT2D eigenvalue weighted by molar-refractivity contribution is 5.88. The number of carbonyl (C=O) groups is 1. The lowest BCUT2D eigenvalue weighted by Gasteiger charge is -2.28. The number of nitrogens with zero attached hydrogens (tertiary/aromatic N) is 1. The number of nitrogens with one attached hydrogen (secondary N) is 2. The number of carbonyl (C=O) groups excluding carboxylic acids is 1. The van der Waals surface area contributed by atoms with E-state index in [-0.39, 0.29) is 12.4 Å². The van der Waals surface area contributed by atoms with E-state index in [1.807, 2.05) is 19.1 Å². The summed E-state index contributed by atoms with van der Waals surface area (Å²) in [5, 5.41) is 16.7. The van der Waals surface area contributed by atoms with Crippen LogP contribution in [0.25, 0.3) is 11.3 Å². The van der Waals surface area contributed by atoms with Gasteiger partial charge in [-0.1, -0.05) is 13.0 Å². The highest BCUT2D eigenvalue weighted by Crippen LogP contribution is 2.41. The predicted molar refractivity (Wildman–Crippen MR) is 106 cm³/mol. The van der Waals surface area contributed by atoms with Crippen LogP contribution in [0.4, 0.5) is 10.6 Å². The van der Waals surface area contributed by atoms with E-state index in [4.69, 9.17) is 9.47 Å². The summed E-state index contributed by atoms with van der Waals surface area (Å²) in [4.78, 5) is 16.4. The molecule has 3 N–H and O–H groups in total. The third-order valence-electron chi connectivity index (χ3n) is 5.23. The molecule has 7 heteroatoms. The summed E-state index contributed by atoms with van der Waals surface area (Å²) >= 11 is 0. The molecular weight excluding hydrogens is 358 g/mol. The lowest BCUT2D eigenvalue weighted by atomic mass is 9.86. The summed E-state index contributed by atoms with van der Waals surface area (Å²) in [7, 11) is 0. The number of rotatable bonds is 5. The second-order valence-electron chi connectivity index (χ2n) is 7.15. The fourth-order valence-corrected chi connectivity index (χ4v) is 3.85. The minimum absolute atomic E-state index is 0.107. The van der Waals surface area contributed by atoms with Gasteiger partial charge in [0, 0.05) is 5.56 Å². The van der Waals surface area contributed by atoms with Gasteiger partial charge in [-0.25, -0.2) is 9.78 Å².